The van der Waals surface area contributed by atoms with Gasteiger partial charge >= 0.3 is 0 Å². The highest BCUT2D eigenvalue weighted by atomic mass is 32.1. The third-order valence-corrected chi connectivity index (χ3v) is 7.32. The molecule has 1 aliphatic heterocycles. The summed E-state index contributed by atoms with van der Waals surface area (Å²) >= 11 is 1.39. The van der Waals surface area contributed by atoms with Crippen LogP contribution in [-0.2, 0) is 0 Å². The number of benzene rings is 2. The van der Waals surface area contributed by atoms with Gasteiger partial charge in [-0.25, -0.2) is 9.67 Å². The van der Waals surface area contributed by atoms with E-state index in [4.69, 9.17) is 9.72 Å². The summed E-state index contributed by atoms with van der Waals surface area (Å²) in [6.45, 7) is 9.44. The zero-order valence-electron chi connectivity index (χ0n) is 20.1. The molecule has 9 heteroatoms. The van der Waals surface area contributed by atoms with Gasteiger partial charge in [-0.2, -0.15) is 0 Å². The number of nitrogens with zero attached hydrogens (tertiary/aromatic N) is 6. The van der Waals surface area contributed by atoms with Crippen LogP contribution in [0.3, 0.4) is 0 Å². The summed E-state index contributed by atoms with van der Waals surface area (Å²) in [5.41, 5.74) is 4.39. The largest absolute Gasteiger partial charge is 0.494 e. The first kappa shape index (κ1) is 23.0. The van der Waals surface area contributed by atoms with Crippen molar-refractivity contribution in [3.05, 3.63) is 70.9 Å². The van der Waals surface area contributed by atoms with E-state index < -0.39 is 0 Å². The van der Waals surface area contributed by atoms with E-state index in [1.165, 1.54) is 17.0 Å². The van der Waals surface area contributed by atoms with Crippen molar-refractivity contribution in [2.75, 3.05) is 37.7 Å². The number of ether oxygens (including phenoxy) is 1. The molecule has 0 N–H and O–H groups in total. The molecule has 4 aromatic rings. The predicted octanol–water partition coefficient (Wildman–Crippen LogP) is 4.37. The highest BCUT2D eigenvalue weighted by molar-refractivity contribution is 7.17. The van der Waals surface area contributed by atoms with Crippen LogP contribution in [0.15, 0.2) is 54.6 Å². The Morgan fingerprint density at radius 1 is 0.971 bits per heavy atom. The van der Waals surface area contributed by atoms with E-state index in [-0.39, 0.29) is 5.91 Å². The van der Waals surface area contributed by atoms with Crippen LogP contribution >= 0.6 is 11.3 Å². The molecule has 35 heavy (non-hydrogen) atoms. The fraction of sp³-hybridized carbons (Fsp3) is 0.308. The summed E-state index contributed by atoms with van der Waals surface area (Å²) in [7, 11) is 0. The van der Waals surface area contributed by atoms with Crippen LogP contribution in [0.5, 0.6) is 5.75 Å². The van der Waals surface area contributed by atoms with E-state index in [0.717, 1.165) is 35.9 Å². The van der Waals surface area contributed by atoms with Gasteiger partial charge < -0.3 is 14.5 Å². The number of hydrogen-bond acceptors (Lipinski definition) is 7. The molecule has 0 bridgehead atoms. The molecule has 3 heterocycles. The molecular weight excluding hydrogens is 460 g/mol. The lowest BCUT2D eigenvalue weighted by Crippen LogP contribution is -2.48. The molecule has 1 aliphatic rings. The minimum absolute atomic E-state index is 0.0375. The molecule has 0 radical (unpaired) electrons. The van der Waals surface area contributed by atoms with Crippen molar-refractivity contribution < 1.29 is 9.53 Å². The summed E-state index contributed by atoms with van der Waals surface area (Å²) in [4.78, 5) is 22.9. The van der Waals surface area contributed by atoms with Crippen LogP contribution in [0.1, 0.15) is 28.0 Å². The van der Waals surface area contributed by atoms with Crippen LogP contribution in [0.25, 0.3) is 16.4 Å². The van der Waals surface area contributed by atoms with Crippen molar-refractivity contribution in [2.45, 2.75) is 20.8 Å². The molecule has 1 saturated heterocycles. The van der Waals surface area contributed by atoms with Crippen LogP contribution in [0, 0.1) is 13.8 Å². The number of para-hydroxylation sites is 1. The van der Waals surface area contributed by atoms with Gasteiger partial charge in [0.05, 0.1) is 23.7 Å². The van der Waals surface area contributed by atoms with Gasteiger partial charge in [0.15, 0.2) is 0 Å². The van der Waals surface area contributed by atoms with Crippen LogP contribution in [0.2, 0.25) is 0 Å². The molecule has 8 nitrogen and oxygen atoms in total. The Balaban J connectivity index is 1.31. The van der Waals surface area contributed by atoms with E-state index in [9.17, 15) is 4.79 Å². The van der Waals surface area contributed by atoms with Crippen LogP contribution in [0.4, 0.5) is 5.69 Å². The Labute approximate surface area is 208 Å². The lowest BCUT2D eigenvalue weighted by atomic mass is 10.2. The predicted molar refractivity (Wildman–Crippen MR) is 138 cm³/mol. The smallest absolute Gasteiger partial charge is 0.265 e. The fourth-order valence-electron chi connectivity index (χ4n) is 4.27. The highest BCUT2D eigenvalue weighted by Gasteiger charge is 2.27. The molecule has 2 aromatic heterocycles. The van der Waals surface area contributed by atoms with Crippen molar-refractivity contribution in [1.29, 1.82) is 0 Å². The van der Waals surface area contributed by atoms with Gasteiger partial charge in [0.1, 0.15) is 21.3 Å². The van der Waals surface area contributed by atoms with Gasteiger partial charge in [0, 0.05) is 31.9 Å². The van der Waals surface area contributed by atoms with Gasteiger partial charge in [-0.3, -0.25) is 4.79 Å². The van der Waals surface area contributed by atoms with E-state index in [2.05, 4.69) is 27.3 Å². The van der Waals surface area contributed by atoms with Gasteiger partial charge in [-0.05, 0) is 57.2 Å². The van der Waals surface area contributed by atoms with Crippen LogP contribution in [-0.4, -0.2) is 63.6 Å². The molecule has 5 rings (SSSR count). The quantitative estimate of drug-likeness (QED) is 0.401. The lowest BCUT2D eigenvalue weighted by molar-refractivity contribution is 0.0750. The first-order valence-corrected chi connectivity index (χ1v) is 12.6. The Kier molecular flexibility index (Phi) is 6.50. The normalized spacial score (nSPS) is 13.8. The van der Waals surface area contributed by atoms with Crippen molar-refractivity contribution in [3.63, 3.8) is 0 Å². The summed E-state index contributed by atoms with van der Waals surface area (Å²) in [5, 5.41) is 9.44. The molecule has 0 aliphatic carbocycles. The Hall–Kier alpha value is -3.72. The van der Waals surface area contributed by atoms with Gasteiger partial charge in [-0.1, -0.05) is 23.4 Å². The highest BCUT2D eigenvalue weighted by Crippen LogP contribution is 2.31. The Bertz CT molecular complexity index is 1310. The molecule has 1 amide bonds. The average molecular weight is 489 g/mol. The second-order valence-electron chi connectivity index (χ2n) is 8.41. The van der Waals surface area contributed by atoms with Gasteiger partial charge in [-0.15, -0.1) is 16.4 Å². The van der Waals surface area contributed by atoms with Crippen molar-refractivity contribution >= 4 is 22.9 Å². The molecule has 1 fully saturated rings. The molecule has 0 atom stereocenters. The molecule has 0 saturated carbocycles. The zero-order valence-corrected chi connectivity index (χ0v) is 21.0. The Morgan fingerprint density at radius 2 is 1.69 bits per heavy atom. The number of anilines is 1. The first-order valence-electron chi connectivity index (χ1n) is 11.8. The van der Waals surface area contributed by atoms with Gasteiger partial charge in [0.25, 0.3) is 5.91 Å². The molecule has 2 aromatic carbocycles. The molecular formula is C26H28N6O2S. The number of carbonyl (C=O) groups is 1. The maximum absolute atomic E-state index is 13.3. The van der Waals surface area contributed by atoms with Gasteiger partial charge in [0.2, 0.25) is 0 Å². The summed E-state index contributed by atoms with van der Waals surface area (Å²) in [5.74, 6) is 0.855. The van der Waals surface area contributed by atoms with E-state index in [1.807, 2.05) is 68.1 Å². The summed E-state index contributed by atoms with van der Waals surface area (Å²) in [6, 6.07) is 18.1. The number of amides is 1. The second kappa shape index (κ2) is 9.87. The number of hydrogen-bond donors (Lipinski definition) is 0. The number of aromatic nitrogens is 4. The minimum Gasteiger partial charge on any atom is -0.494 e. The third-order valence-electron chi connectivity index (χ3n) is 6.17. The molecule has 0 spiro atoms. The minimum atomic E-state index is 0.0375. The topological polar surface area (TPSA) is 76.4 Å². The standard InChI is InChI=1S/C26H28N6O2S/c1-4-34-22-12-10-21(11-13-22)32-19(3)23(28-29-32)25-27-18(2)24(35-25)26(33)31-16-14-30(15-17-31)20-8-6-5-7-9-20/h5-13H,4,14-17H2,1-3H3. The third kappa shape index (κ3) is 4.64. The van der Waals surface area contributed by atoms with Crippen molar-refractivity contribution in [3.8, 4) is 22.1 Å². The maximum atomic E-state index is 13.3. The average Bonchev–Trinajstić information content (AvgIpc) is 3.47. The van der Waals surface area contributed by atoms with E-state index in [1.54, 1.807) is 4.68 Å². The zero-order chi connectivity index (χ0) is 24.4. The van der Waals surface area contributed by atoms with Crippen molar-refractivity contribution in [2.24, 2.45) is 0 Å². The monoisotopic (exact) mass is 488 g/mol. The number of carbonyl (C=O) groups excluding carboxylic acids is 1. The maximum Gasteiger partial charge on any atom is 0.265 e. The number of thiazole rings is 1. The second-order valence-corrected chi connectivity index (χ2v) is 9.41. The van der Waals surface area contributed by atoms with Crippen molar-refractivity contribution in [1.82, 2.24) is 24.9 Å². The number of piperazine rings is 1. The summed E-state index contributed by atoms with van der Waals surface area (Å²) in [6.07, 6.45) is 0. The SMILES string of the molecule is CCOc1ccc(-n2nnc(-c3nc(C)c(C(=O)N4CCN(c5ccccc5)CC4)s3)c2C)cc1. The van der Waals surface area contributed by atoms with E-state index >= 15 is 0 Å². The Morgan fingerprint density at radius 3 is 2.37 bits per heavy atom. The fourth-order valence-corrected chi connectivity index (χ4v) is 5.34. The number of aryl methyl sites for hydroxylation is 1. The van der Waals surface area contributed by atoms with Crippen LogP contribution < -0.4 is 9.64 Å². The molecule has 0 unspecified atom stereocenters. The lowest BCUT2D eigenvalue weighted by Gasteiger charge is -2.36. The summed E-state index contributed by atoms with van der Waals surface area (Å²) < 4.78 is 7.31. The number of rotatable bonds is 6. The molecule has 180 valence electrons. The van der Waals surface area contributed by atoms with E-state index in [0.29, 0.717) is 35.3 Å². The first-order chi connectivity index (χ1) is 17.0.